The molecule has 0 fully saturated rings. The lowest BCUT2D eigenvalue weighted by Gasteiger charge is -2.12. The first-order chi connectivity index (χ1) is 10.1. The minimum Gasteiger partial charge on any atom is -0.490 e. The smallest absolute Gasteiger partial charge is 0.335 e. The maximum atomic E-state index is 10.9. The molecule has 0 aromatic heterocycles. The molecule has 2 aromatic carbocycles. The number of carboxylic acid groups (broad SMARTS) is 1. The highest BCUT2D eigenvalue weighted by molar-refractivity contribution is 6.30. The van der Waals surface area contributed by atoms with Gasteiger partial charge in [0.05, 0.1) is 5.56 Å². The van der Waals surface area contributed by atoms with Crippen molar-refractivity contribution in [2.45, 2.75) is 12.5 Å². The number of hydrogen-bond donors (Lipinski definition) is 1. The summed E-state index contributed by atoms with van der Waals surface area (Å²) in [6.45, 7) is 0.357. The van der Waals surface area contributed by atoms with Crippen LogP contribution in [0.3, 0.4) is 0 Å². The van der Waals surface area contributed by atoms with Gasteiger partial charge >= 0.3 is 5.97 Å². The fraction of sp³-hybridized carbons (Fsp3) is 0.188. The van der Waals surface area contributed by atoms with Crippen LogP contribution in [0.25, 0.3) is 0 Å². The van der Waals surface area contributed by atoms with Crippen LogP contribution in [0.1, 0.15) is 15.9 Å². The van der Waals surface area contributed by atoms with E-state index in [0.717, 1.165) is 17.7 Å². The van der Waals surface area contributed by atoms with Crippen LogP contribution in [0.15, 0.2) is 42.5 Å². The first-order valence-electron chi connectivity index (χ1n) is 6.53. The topological polar surface area (TPSA) is 55.8 Å². The van der Waals surface area contributed by atoms with Gasteiger partial charge in [-0.2, -0.15) is 0 Å². The lowest BCUT2D eigenvalue weighted by atomic mass is 10.1. The van der Waals surface area contributed by atoms with Crippen LogP contribution in [-0.4, -0.2) is 23.8 Å². The number of rotatable bonds is 4. The van der Waals surface area contributed by atoms with Gasteiger partial charge in [-0.1, -0.05) is 17.7 Å². The second-order valence-corrected chi connectivity index (χ2v) is 5.28. The molecule has 0 saturated carbocycles. The Balaban J connectivity index is 1.62. The number of carbonyl (C=O) groups is 1. The average Bonchev–Trinajstić information content (AvgIpc) is 2.87. The molecular formula is C16H13ClO4. The Morgan fingerprint density at radius 2 is 2.19 bits per heavy atom. The SMILES string of the molecule is O=C(O)c1cccc(OCC2Cc3cc(Cl)ccc3O2)c1. The van der Waals surface area contributed by atoms with Crippen molar-refractivity contribution in [2.75, 3.05) is 6.61 Å². The zero-order valence-electron chi connectivity index (χ0n) is 11.1. The van der Waals surface area contributed by atoms with Crippen molar-refractivity contribution in [3.63, 3.8) is 0 Å². The van der Waals surface area contributed by atoms with E-state index in [9.17, 15) is 4.79 Å². The van der Waals surface area contributed by atoms with E-state index in [1.54, 1.807) is 18.2 Å². The molecule has 1 unspecified atom stereocenters. The molecule has 5 heteroatoms. The Kier molecular flexibility index (Phi) is 3.71. The summed E-state index contributed by atoms with van der Waals surface area (Å²) >= 11 is 5.95. The molecule has 0 amide bonds. The van der Waals surface area contributed by atoms with Gasteiger partial charge in [0.25, 0.3) is 0 Å². The van der Waals surface area contributed by atoms with Crippen molar-refractivity contribution in [3.8, 4) is 11.5 Å². The van der Waals surface area contributed by atoms with Crippen LogP contribution >= 0.6 is 11.6 Å². The third-order valence-corrected chi connectivity index (χ3v) is 3.52. The van der Waals surface area contributed by atoms with E-state index in [1.165, 1.54) is 12.1 Å². The molecular weight excluding hydrogens is 292 g/mol. The predicted octanol–water partition coefficient (Wildman–Crippen LogP) is 3.42. The van der Waals surface area contributed by atoms with Crippen LogP contribution < -0.4 is 9.47 Å². The Morgan fingerprint density at radius 3 is 3.00 bits per heavy atom. The predicted molar refractivity (Wildman–Crippen MR) is 78.5 cm³/mol. The van der Waals surface area contributed by atoms with Gasteiger partial charge < -0.3 is 14.6 Å². The van der Waals surface area contributed by atoms with Crippen molar-refractivity contribution in [1.29, 1.82) is 0 Å². The molecule has 1 aliphatic rings. The van der Waals surface area contributed by atoms with Gasteiger partial charge in [0.1, 0.15) is 24.2 Å². The quantitative estimate of drug-likeness (QED) is 0.940. The molecule has 0 saturated heterocycles. The van der Waals surface area contributed by atoms with Gasteiger partial charge in [0, 0.05) is 11.4 Å². The summed E-state index contributed by atoms with van der Waals surface area (Å²) in [6, 6.07) is 11.9. The largest absolute Gasteiger partial charge is 0.490 e. The lowest BCUT2D eigenvalue weighted by molar-refractivity contribution is 0.0696. The molecule has 1 N–H and O–H groups in total. The molecule has 0 spiro atoms. The first kappa shape index (κ1) is 13.8. The third kappa shape index (κ3) is 3.11. The van der Waals surface area contributed by atoms with Crippen molar-refractivity contribution < 1.29 is 19.4 Å². The molecule has 1 atom stereocenters. The minimum absolute atomic E-state index is 0.0908. The van der Waals surface area contributed by atoms with Crippen LogP contribution in [0, 0.1) is 0 Å². The first-order valence-corrected chi connectivity index (χ1v) is 6.91. The summed E-state index contributed by atoms with van der Waals surface area (Å²) in [6.07, 6.45) is 0.640. The Morgan fingerprint density at radius 1 is 1.33 bits per heavy atom. The summed E-state index contributed by atoms with van der Waals surface area (Å²) in [5.74, 6) is 0.374. The number of carboxylic acids is 1. The zero-order valence-corrected chi connectivity index (χ0v) is 11.8. The summed E-state index contributed by atoms with van der Waals surface area (Å²) in [5.41, 5.74) is 1.27. The van der Waals surface area contributed by atoms with Gasteiger partial charge in [0.15, 0.2) is 0 Å². The van der Waals surface area contributed by atoms with Gasteiger partial charge in [0.2, 0.25) is 0 Å². The molecule has 0 bridgehead atoms. The number of aromatic carboxylic acids is 1. The van der Waals surface area contributed by atoms with E-state index in [2.05, 4.69) is 0 Å². The van der Waals surface area contributed by atoms with Crippen molar-refractivity contribution >= 4 is 17.6 Å². The summed E-state index contributed by atoms with van der Waals surface area (Å²) in [7, 11) is 0. The molecule has 1 heterocycles. The Hall–Kier alpha value is -2.20. The van der Waals surface area contributed by atoms with Gasteiger partial charge in [-0.3, -0.25) is 0 Å². The van der Waals surface area contributed by atoms with E-state index in [4.69, 9.17) is 26.2 Å². The lowest BCUT2D eigenvalue weighted by Crippen LogP contribution is -2.22. The van der Waals surface area contributed by atoms with Crippen LogP contribution in [0.2, 0.25) is 5.02 Å². The minimum atomic E-state index is -0.973. The second kappa shape index (κ2) is 5.66. The summed E-state index contributed by atoms with van der Waals surface area (Å²) in [5, 5.41) is 9.63. The van der Waals surface area contributed by atoms with Crippen LogP contribution in [-0.2, 0) is 6.42 Å². The van der Waals surface area contributed by atoms with Gasteiger partial charge in [-0.05, 0) is 42.0 Å². The normalized spacial score (nSPS) is 16.1. The number of halogens is 1. The van der Waals surface area contributed by atoms with Crippen LogP contribution in [0.5, 0.6) is 11.5 Å². The van der Waals surface area contributed by atoms with E-state index >= 15 is 0 Å². The highest BCUT2D eigenvalue weighted by atomic mass is 35.5. The highest BCUT2D eigenvalue weighted by Crippen LogP contribution is 2.31. The molecule has 3 rings (SSSR count). The number of benzene rings is 2. The highest BCUT2D eigenvalue weighted by Gasteiger charge is 2.23. The van der Waals surface area contributed by atoms with Crippen molar-refractivity contribution in [2.24, 2.45) is 0 Å². The van der Waals surface area contributed by atoms with Crippen molar-refractivity contribution in [1.82, 2.24) is 0 Å². The second-order valence-electron chi connectivity index (χ2n) is 4.84. The molecule has 0 radical (unpaired) electrons. The van der Waals surface area contributed by atoms with E-state index in [1.807, 2.05) is 12.1 Å². The standard InChI is InChI=1S/C16H13ClO4/c17-12-4-5-15-11(6-12)8-14(21-15)9-20-13-3-1-2-10(7-13)16(18)19/h1-7,14H,8-9H2,(H,18,19). The zero-order chi connectivity index (χ0) is 14.8. The maximum Gasteiger partial charge on any atom is 0.335 e. The fourth-order valence-electron chi connectivity index (χ4n) is 2.29. The third-order valence-electron chi connectivity index (χ3n) is 3.28. The summed E-state index contributed by atoms with van der Waals surface area (Å²) in [4.78, 5) is 10.9. The summed E-state index contributed by atoms with van der Waals surface area (Å²) < 4.78 is 11.4. The van der Waals surface area contributed by atoms with E-state index in [-0.39, 0.29) is 11.7 Å². The monoisotopic (exact) mass is 304 g/mol. The van der Waals surface area contributed by atoms with Crippen LogP contribution in [0.4, 0.5) is 0 Å². The Labute approximate surface area is 126 Å². The van der Waals surface area contributed by atoms with E-state index < -0.39 is 5.97 Å². The number of hydrogen-bond acceptors (Lipinski definition) is 3. The molecule has 0 aliphatic carbocycles. The molecule has 2 aromatic rings. The molecule has 21 heavy (non-hydrogen) atoms. The number of ether oxygens (including phenoxy) is 2. The molecule has 4 nitrogen and oxygen atoms in total. The number of fused-ring (bicyclic) bond motifs is 1. The van der Waals surface area contributed by atoms with Gasteiger partial charge in [-0.15, -0.1) is 0 Å². The van der Waals surface area contributed by atoms with Crippen molar-refractivity contribution in [3.05, 3.63) is 58.6 Å². The van der Waals surface area contributed by atoms with E-state index in [0.29, 0.717) is 17.4 Å². The average molecular weight is 305 g/mol. The molecule has 1 aliphatic heterocycles. The Bertz CT molecular complexity index is 684. The molecule has 108 valence electrons. The van der Waals surface area contributed by atoms with Gasteiger partial charge in [-0.25, -0.2) is 4.79 Å². The fourth-order valence-corrected chi connectivity index (χ4v) is 2.48. The maximum absolute atomic E-state index is 10.9.